The van der Waals surface area contributed by atoms with Crippen LogP contribution >= 0.6 is 27.7 Å². The van der Waals surface area contributed by atoms with E-state index >= 15 is 0 Å². The average Bonchev–Trinajstić information content (AvgIpc) is 2.87. The highest BCUT2D eigenvalue weighted by Gasteiger charge is 2.24. The highest BCUT2D eigenvalue weighted by Crippen LogP contribution is 2.29. The van der Waals surface area contributed by atoms with Gasteiger partial charge in [0.05, 0.1) is 16.2 Å². The van der Waals surface area contributed by atoms with E-state index in [2.05, 4.69) is 26.2 Å². The van der Waals surface area contributed by atoms with Gasteiger partial charge in [-0.05, 0) is 47.7 Å². The summed E-state index contributed by atoms with van der Waals surface area (Å²) in [6, 6.07) is 14.0. The molecule has 1 aliphatic heterocycles. The Labute approximate surface area is 150 Å². The monoisotopic (exact) mass is 402 g/mol. The third-order valence-electron chi connectivity index (χ3n) is 3.15. The van der Waals surface area contributed by atoms with Gasteiger partial charge in [-0.2, -0.15) is 0 Å². The number of hydrogen-bond donors (Lipinski definition) is 2. The number of amides is 1. The summed E-state index contributed by atoms with van der Waals surface area (Å²) < 4.78 is 0.921. The SMILES string of the molecule is O=C1NC(=Nc2ccccc2C(=O)O)SC1=Cc1cccc(Br)c1. The zero-order chi connectivity index (χ0) is 17.1. The van der Waals surface area contributed by atoms with Crippen LogP contribution in [0.5, 0.6) is 0 Å². The van der Waals surface area contributed by atoms with Crippen LogP contribution in [0, 0.1) is 0 Å². The molecule has 0 spiro atoms. The van der Waals surface area contributed by atoms with Crippen molar-refractivity contribution in [2.24, 2.45) is 4.99 Å². The first-order valence-corrected chi connectivity index (χ1v) is 8.51. The summed E-state index contributed by atoms with van der Waals surface area (Å²) in [4.78, 5) is 28.0. The molecule has 0 aliphatic carbocycles. The van der Waals surface area contributed by atoms with Crippen molar-refractivity contribution in [2.45, 2.75) is 0 Å². The Hall–Kier alpha value is -2.38. The number of nitrogens with one attached hydrogen (secondary N) is 1. The molecule has 120 valence electrons. The van der Waals surface area contributed by atoms with Crippen LogP contribution in [0.3, 0.4) is 0 Å². The number of thioether (sulfide) groups is 1. The molecule has 2 aromatic rings. The molecular formula is C17H11BrN2O3S. The number of halogens is 1. The molecule has 1 amide bonds. The number of benzene rings is 2. The van der Waals surface area contributed by atoms with Crippen molar-refractivity contribution < 1.29 is 14.7 Å². The lowest BCUT2D eigenvalue weighted by Crippen LogP contribution is -2.19. The molecule has 1 saturated heterocycles. The number of amidine groups is 1. The van der Waals surface area contributed by atoms with Gasteiger partial charge in [0.1, 0.15) is 0 Å². The first-order valence-electron chi connectivity index (χ1n) is 6.90. The number of hydrogen-bond acceptors (Lipinski definition) is 4. The molecule has 0 radical (unpaired) electrons. The van der Waals surface area contributed by atoms with Crippen LogP contribution < -0.4 is 5.32 Å². The van der Waals surface area contributed by atoms with Gasteiger partial charge in [-0.3, -0.25) is 4.79 Å². The average molecular weight is 403 g/mol. The molecule has 1 fully saturated rings. The molecular weight excluding hydrogens is 392 g/mol. The Morgan fingerprint density at radius 2 is 2.00 bits per heavy atom. The van der Waals surface area contributed by atoms with E-state index in [0.717, 1.165) is 10.0 Å². The van der Waals surface area contributed by atoms with Gasteiger partial charge in [-0.25, -0.2) is 9.79 Å². The van der Waals surface area contributed by atoms with Crippen molar-refractivity contribution in [3.05, 3.63) is 69.0 Å². The van der Waals surface area contributed by atoms with E-state index in [9.17, 15) is 14.7 Å². The molecule has 1 heterocycles. The Kier molecular flexibility index (Phi) is 4.82. The Balaban J connectivity index is 1.89. The number of carbonyl (C=O) groups is 2. The number of aliphatic imine (C=N–C) groups is 1. The maximum atomic E-state index is 12.1. The van der Waals surface area contributed by atoms with Gasteiger partial charge in [0, 0.05) is 4.47 Å². The third-order valence-corrected chi connectivity index (χ3v) is 4.56. The van der Waals surface area contributed by atoms with Crippen LogP contribution in [0.4, 0.5) is 5.69 Å². The molecule has 0 unspecified atom stereocenters. The van der Waals surface area contributed by atoms with Gasteiger partial charge in [0.15, 0.2) is 5.17 Å². The van der Waals surface area contributed by atoms with E-state index in [-0.39, 0.29) is 11.5 Å². The maximum absolute atomic E-state index is 12.1. The molecule has 2 N–H and O–H groups in total. The Morgan fingerprint density at radius 1 is 1.21 bits per heavy atom. The Morgan fingerprint density at radius 3 is 2.75 bits per heavy atom. The highest BCUT2D eigenvalue weighted by atomic mass is 79.9. The van der Waals surface area contributed by atoms with Gasteiger partial charge in [0.2, 0.25) is 0 Å². The van der Waals surface area contributed by atoms with Crippen molar-refractivity contribution in [3.8, 4) is 0 Å². The smallest absolute Gasteiger partial charge is 0.337 e. The molecule has 2 aromatic carbocycles. The first-order chi connectivity index (χ1) is 11.5. The number of carboxylic acids is 1. The molecule has 5 nitrogen and oxygen atoms in total. The standard InChI is InChI=1S/C17H11BrN2O3S/c18-11-5-3-4-10(8-11)9-14-15(21)20-17(24-14)19-13-7-2-1-6-12(13)16(22)23/h1-9H,(H,22,23)(H,19,20,21). The van der Waals surface area contributed by atoms with Crippen molar-refractivity contribution in [1.82, 2.24) is 5.32 Å². The second-order valence-corrected chi connectivity index (χ2v) is 6.81. The van der Waals surface area contributed by atoms with Crippen LogP contribution in [0.1, 0.15) is 15.9 Å². The minimum atomic E-state index is -1.06. The third kappa shape index (κ3) is 3.74. The normalized spacial score (nSPS) is 17.3. The van der Waals surface area contributed by atoms with E-state index in [4.69, 9.17) is 0 Å². The largest absolute Gasteiger partial charge is 0.478 e. The minimum absolute atomic E-state index is 0.0873. The summed E-state index contributed by atoms with van der Waals surface area (Å²) >= 11 is 4.57. The van der Waals surface area contributed by atoms with Gasteiger partial charge in [-0.15, -0.1) is 0 Å². The van der Waals surface area contributed by atoms with Crippen LogP contribution in [-0.4, -0.2) is 22.2 Å². The Bertz CT molecular complexity index is 893. The highest BCUT2D eigenvalue weighted by molar-refractivity contribution is 9.10. The number of aromatic carboxylic acids is 1. The predicted octanol–water partition coefficient (Wildman–Crippen LogP) is 4.04. The maximum Gasteiger partial charge on any atom is 0.337 e. The van der Waals surface area contributed by atoms with Crippen molar-refractivity contribution in [2.75, 3.05) is 0 Å². The van der Waals surface area contributed by atoms with Crippen LogP contribution in [0.2, 0.25) is 0 Å². The van der Waals surface area contributed by atoms with Gasteiger partial charge < -0.3 is 10.4 Å². The fourth-order valence-electron chi connectivity index (χ4n) is 2.09. The quantitative estimate of drug-likeness (QED) is 0.759. The molecule has 3 rings (SSSR count). The summed E-state index contributed by atoms with van der Waals surface area (Å²) in [6.45, 7) is 0. The van der Waals surface area contributed by atoms with Crippen LogP contribution in [0.15, 0.2) is 62.9 Å². The minimum Gasteiger partial charge on any atom is -0.478 e. The summed E-state index contributed by atoms with van der Waals surface area (Å²) in [5.74, 6) is -1.32. The van der Waals surface area contributed by atoms with Crippen LogP contribution in [0.25, 0.3) is 6.08 Å². The van der Waals surface area contributed by atoms with Gasteiger partial charge >= 0.3 is 5.97 Å². The zero-order valence-electron chi connectivity index (χ0n) is 12.2. The first kappa shape index (κ1) is 16.5. The van der Waals surface area contributed by atoms with Crippen LogP contribution in [-0.2, 0) is 4.79 Å². The van der Waals surface area contributed by atoms with E-state index in [1.165, 1.54) is 17.8 Å². The van der Waals surface area contributed by atoms with Crippen molar-refractivity contribution in [1.29, 1.82) is 0 Å². The van der Waals surface area contributed by atoms with Crippen molar-refractivity contribution in [3.63, 3.8) is 0 Å². The van der Waals surface area contributed by atoms with E-state index in [1.807, 2.05) is 24.3 Å². The lowest BCUT2D eigenvalue weighted by Gasteiger charge is -2.00. The molecule has 1 aliphatic rings. The molecule has 0 atom stereocenters. The number of para-hydroxylation sites is 1. The van der Waals surface area contributed by atoms with Crippen molar-refractivity contribution >= 4 is 56.5 Å². The summed E-state index contributed by atoms with van der Waals surface area (Å²) in [5, 5.41) is 12.2. The topological polar surface area (TPSA) is 78.8 Å². The number of carboxylic acid groups (broad SMARTS) is 1. The number of carbonyl (C=O) groups excluding carboxylic acids is 1. The molecule has 24 heavy (non-hydrogen) atoms. The number of rotatable bonds is 3. The lowest BCUT2D eigenvalue weighted by molar-refractivity contribution is -0.115. The second kappa shape index (κ2) is 7.02. The van der Waals surface area contributed by atoms with E-state index < -0.39 is 5.97 Å². The fraction of sp³-hybridized carbons (Fsp3) is 0. The summed E-state index contributed by atoms with van der Waals surface area (Å²) in [5.41, 5.74) is 1.27. The van der Waals surface area contributed by atoms with Gasteiger partial charge in [-0.1, -0.05) is 40.2 Å². The van der Waals surface area contributed by atoms with E-state index in [1.54, 1.807) is 24.3 Å². The number of nitrogens with zero attached hydrogens (tertiary/aromatic N) is 1. The van der Waals surface area contributed by atoms with Gasteiger partial charge in [0.25, 0.3) is 5.91 Å². The molecule has 7 heteroatoms. The molecule has 0 saturated carbocycles. The zero-order valence-corrected chi connectivity index (χ0v) is 14.6. The summed E-state index contributed by atoms with van der Waals surface area (Å²) in [6.07, 6.45) is 1.76. The fourth-order valence-corrected chi connectivity index (χ4v) is 3.34. The molecule has 0 aromatic heterocycles. The lowest BCUT2D eigenvalue weighted by atomic mass is 10.2. The van der Waals surface area contributed by atoms with E-state index in [0.29, 0.717) is 15.8 Å². The molecule has 0 bridgehead atoms. The summed E-state index contributed by atoms with van der Waals surface area (Å²) in [7, 11) is 0. The second-order valence-electron chi connectivity index (χ2n) is 4.86. The predicted molar refractivity (Wildman–Crippen MR) is 98.3 cm³/mol.